The number of ether oxygens (including phenoxy) is 1. The van der Waals surface area contributed by atoms with E-state index >= 15 is 0 Å². The fraction of sp³-hybridized carbons (Fsp3) is 0.524. The van der Waals surface area contributed by atoms with E-state index in [1.165, 1.54) is 19.3 Å². The number of rotatable bonds is 8. The van der Waals surface area contributed by atoms with Gasteiger partial charge in [0, 0.05) is 19.2 Å². The van der Waals surface area contributed by atoms with Gasteiger partial charge in [0.2, 0.25) is 5.88 Å². The number of hydrogen-bond acceptors (Lipinski definition) is 5. The minimum Gasteiger partial charge on any atom is -0.481 e. The summed E-state index contributed by atoms with van der Waals surface area (Å²) in [4.78, 5) is 11.6. The molecule has 7 heteroatoms. The zero-order valence-electron chi connectivity index (χ0n) is 16.9. The van der Waals surface area contributed by atoms with Crippen LogP contribution in [-0.2, 0) is 6.54 Å². The molecule has 2 N–H and O–H groups in total. The second-order valence-electron chi connectivity index (χ2n) is 6.88. The van der Waals surface area contributed by atoms with Crippen molar-refractivity contribution < 1.29 is 9.15 Å². The van der Waals surface area contributed by atoms with Crippen molar-refractivity contribution in [3.8, 4) is 5.88 Å². The van der Waals surface area contributed by atoms with Crippen LogP contribution in [0.25, 0.3) is 0 Å². The molecule has 28 heavy (non-hydrogen) atoms. The van der Waals surface area contributed by atoms with Gasteiger partial charge in [-0.1, -0.05) is 12.5 Å². The number of nitrogens with zero attached hydrogens (tertiary/aromatic N) is 3. The summed E-state index contributed by atoms with van der Waals surface area (Å²) in [5, 5.41) is 6.80. The molecule has 0 saturated carbocycles. The van der Waals surface area contributed by atoms with Gasteiger partial charge in [0.05, 0.1) is 31.7 Å². The minimum absolute atomic E-state index is 0.203. The molecule has 1 fully saturated rings. The summed E-state index contributed by atoms with van der Waals surface area (Å²) in [5.41, 5.74) is 0.871. The topological polar surface area (TPSA) is 74.9 Å². The molecule has 0 bridgehead atoms. The molecule has 1 aliphatic heterocycles. The van der Waals surface area contributed by atoms with E-state index in [4.69, 9.17) is 9.15 Å². The van der Waals surface area contributed by atoms with E-state index in [1.54, 1.807) is 13.4 Å². The number of piperidine rings is 1. The standard InChI is InChI=1S/C21H31N5O2/c1-3-22-21(23-15-17-9-7-11-20(25-17)27-2)24-16-18(19-10-8-14-28-19)26-12-5-4-6-13-26/h7-11,14,18H,3-6,12-13,15-16H2,1-2H3,(H2,22,23,24). The van der Waals surface area contributed by atoms with Crippen LogP contribution in [0.15, 0.2) is 46.0 Å². The first-order chi connectivity index (χ1) is 13.8. The fourth-order valence-corrected chi connectivity index (χ4v) is 3.48. The summed E-state index contributed by atoms with van der Waals surface area (Å²) < 4.78 is 10.9. The van der Waals surface area contributed by atoms with Crippen LogP contribution in [0.4, 0.5) is 0 Å². The number of guanidine groups is 1. The molecule has 0 aromatic carbocycles. The van der Waals surface area contributed by atoms with E-state index in [2.05, 4.69) is 38.5 Å². The first-order valence-electron chi connectivity index (χ1n) is 10.1. The van der Waals surface area contributed by atoms with Crippen molar-refractivity contribution in [3.63, 3.8) is 0 Å². The number of aliphatic imine (C=N–C) groups is 1. The highest BCUT2D eigenvalue weighted by Gasteiger charge is 2.24. The van der Waals surface area contributed by atoms with Gasteiger partial charge in [-0.25, -0.2) is 9.98 Å². The normalized spacial score (nSPS) is 16.6. The molecule has 3 heterocycles. The van der Waals surface area contributed by atoms with Crippen molar-refractivity contribution in [3.05, 3.63) is 48.0 Å². The third-order valence-corrected chi connectivity index (χ3v) is 4.90. The maximum absolute atomic E-state index is 5.73. The highest BCUT2D eigenvalue weighted by Crippen LogP contribution is 2.24. The highest BCUT2D eigenvalue weighted by atomic mass is 16.5. The van der Waals surface area contributed by atoms with E-state index < -0.39 is 0 Å². The van der Waals surface area contributed by atoms with Gasteiger partial charge in [-0.3, -0.25) is 4.90 Å². The maximum atomic E-state index is 5.73. The lowest BCUT2D eigenvalue weighted by molar-refractivity contribution is 0.146. The summed E-state index contributed by atoms with van der Waals surface area (Å²) in [6, 6.07) is 9.94. The Morgan fingerprint density at radius 1 is 1.21 bits per heavy atom. The van der Waals surface area contributed by atoms with E-state index in [0.717, 1.165) is 43.6 Å². The van der Waals surface area contributed by atoms with E-state index in [0.29, 0.717) is 12.4 Å². The average Bonchev–Trinajstić information content (AvgIpc) is 3.27. The minimum atomic E-state index is 0.203. The van der Waals surface area contributed by atoms with Crippen LogP contribution in [0.5, 0.6) is 5.88 Å². The predicted octanol–water partition coefficient (Wildman–Crippen LogP) is 2.97. The molecule has 2 aromatic heterocycles. The molecule has 1 atom stereocenters. The van der Waals surface area contributed by atoms with Gasteiger partial charge < -0.3 is 19.8 Å². The van der Waals surface area contributed by atoms with Gasteiger partial charge in [0.15, 0.2) is 5.96 Å². The van der Waals surface area contributed by atoms with Crippen LogP contribution in [0, 0.1) is 0 Å². The van der Waals surface area contributed by atoms with Gasteiger partial charge in [-0.05, 0) is 51.1 Å². The zero-order valence-corrected chi connectivity index (χ0v) is 16.9. The van der Waals surface area contributed by atoms with Gasteiger partial charge in [-0.15, -0.1) is 0 Å². The average molecular weight is 386 g/mol. The quantitative estimate of drug-likeness (QED) is 0.538. The molecular weight excluding hydrogens is 354 g/mol. The third-order valence-electron chi connectivity index (χ3n) is 4.90. The van der Waals surface area contributed by atoms with Crippen LogP contribution in [0.2, 0.25) is 0 Å². The molecule has 152 valence electrons. The Hall–Kier alpha value is -2.54. The van der Waals surface area contributed by atoms with Gasteiger partial charge >= 0.3 is 0 Å². The second-order valence-corrected chi connectivity index (χ2v) is 6.88. The zero-order chi connectivity index (χ0) is 19.6. The molecule has 3 rings (SSSR count). The highest BCUT2D eigenvalue weighted by molar-refractivity contribution is 5.79. The smallest absolute Gasteiger partial charge is 0.213 e. The molecule has 1 aliphatic rings. The van der Waals surface area contributed by atoms with Crippen molar-refractivity contribution in [1.29, 1.82) is 0 Å². The molecular formula is C21H31N5O2. The first-order valence-corrected chi connectivity index (χ1v) is 10.1. The Morgan fingerprint density at radius 3 is 2.79 bits per heavy atom. The lowest BCUT2D eigenvalue weighted by Crippen LogP contribution is -2.44. The van der Waals surface area contributed by atoms with E-state index in [-0.39, 0.29) is 6.04 Å². The number of likely N-dealkylation sites (tertiary alicyclic amines) is 1. The Kier molecular flexibility index (Phi) is 7.72. The molecule has 0 spiro atoms. The molecule has 1 unspecified atom stereocenters. The van der Waals surface area contributed by atoms with Crippen LogP contribution in [0.1, 0.15) is 43.7 Å². The third kappa shape index (κ3) is 5.73. The van der Waals surface area contributed by atoms with Crippen molar-refractivity contribution in [2.45, 2.75) is 38.8 Å². The monoisotopic (exact) mass is 385 g/mol. The Morgan fingerprint density at radius 2 is 2.07 bits per heavy atom. The number of pyridine rings is 1. The Bertz CT molecular complexity index is 726. The maximum Gasteiger partial charge on any atom is 0.213 e. The Labute approximate surface area is 167 Å². The van der Waals surface area contributed by atoms with Gasteiger partial charge in [0.1, 0.15) is 5.76 Å². The lowest BCUT2D eigenvalue weighted by atomic mass is 10.1. The molecule has 0 aliphatic carbocycles. The van der Waals surface area contributed by atoms with Gasteiger partial charge in [-0.2, -0.15) is 0 Å². The summed E-state index contributed by atoms with van der Waals surface area (Å²) in [6.45, 7) is 6.30. The summed E-state index contributed by atoms with van der Waals surface area (Å²) in [5.74, 6) is 2.38. The largest absolute Gasteiger partial charge is 0.481 e. The molecule has 7 nitrogen and oxygen atoms in total. The molecule has 0 radical (unpaired) electrons. The number of furan rings is 1. The number of nitrogens with one attached hydrogen (secondary N) is 2. The van der Waals surface area contributed by atoms with Crippen LogP contribution < -0.4 is 15.4 Å². The van der Waals surface area contributed by atoms with Crippen molar-refractivity contribution in [2.75, 3.05) is 33.3 Å². The number of hydrogen-bond donors (Lipinski definition) is 2. The molecule has 0 amide bonds. The summed E-state index contributed by atoms with van der Waals surface area (Å²) >= 11 is 0. The van der Waals surface area contributed by atoms with E-state index in [9.17, 15) is 0 Å². The predicted molar refractivity (Wildman–Crippen MR) is 110 cm³/mol. The van der Waals surface area contributed by atoms with Crippen LogP contribution in [-0.4, -0.2) is 49.1 Å². The van der Waals surface area contributed by atoms with Crippen LogP contribution in [0.3, 0.4) is 0 Å². The first kappa shape index (κ1) is 20.2. The van der Waals surface area contributed by atoms with Crippen molar-refractivity contribution in [1.82, 2.24) is 20.5 Å². The summed E-state index contributed by atoms with van der Waals surface area (Å²) in [6.07, 6.45) is 5.55. The Balaban J connectivity index is 1.65. The van der Waals surface area contributed by atoms with Crippen molar-refractivity contribution in [2.24, 2.45) is 4.99 Å². The van der Waals surface area contributed by atoms with Crippen LogP contribution >= 0.6 is 0 Å². The SMILES string of the molecule is CCNC(=NCc1cccc(OC)n1)NCC(c1ccco1)N1CCCCC1. The fourth-order valence-electron chi connectivity index (χ4n) is 3.48. The van der Waals surface area contributed by atoms with E-state index in [1.807, 2.05) is 24.3 Å². The lowest BCUT2D eigenvalue weighted by Gasteiger charge is -2.33. The summed E-state index contributed by atoms with van der Waals surface area (Å²) in [7, 11) is 1.62. The second kappa shape index (κ2) is 10.7. The molecule has 2 aromatic rings. The molecule has 1 saturated heterocycles. The number of aromatic nitrogens is 1. The van der Waals surface area contributed by atoms with Gasteiger partial charge in [0.25, 0.3) is 0 Å². The number of methoxy groups -OCH3 is 1. The van der Waals surface area contributed by atoms with Crippen molar-refractivity contribution >= 4 is 5.96 Å².